The number of rotatable bonds is 4. The van der Waals surface area contributed by atoms with Crippen LogP contribution in [-0.4, -0.2) is 11.7 Å². The molecule has 1 unspecified atom stereocenters. The molecule has 1 heterocycles. The van der Waals surface area contributed by atoms with E-state index in [0.717, 1.165) is 10.9 Å². The first-order chi connectivity index (χ1) is 7.79. The van der Waals surface area contributed by atoms with Crippen molar-refractivity contribution < 1.29 is 5.11 Å². The maximum Gasteiger partial charge on any atom is 0.0503 e. The highest BCUT2D eigenvalue weighted by Gasteiger charge is 2.11. The van der Waals surface area contributed by atoms with Crippen molar-refractivity contribution in [3.05, 3.63) is 56.7 Å². The van der Waals surface area contributed by atoms with Gasteiger partial charge in [-0.25, -0.2) is 0 Å². The molecule has 0 saturated heterocycles. The fraction of sp³-hybridized carbons (Fsp3) is 0.231. The molecule has 16 heavy (non-hydrogen) atoms. The summed E-state index contributed by atoms with van der Waals surface area (Å²) in [4.78, 5) is 1.30. The van der Waals surface area contributed by atoms with Gasteiger partial charge >= 0.3 is 0 Å². The average Bonchev–Trinajstić information content (AvgIpc) is 2.73. The van der Waals surface area contributed by atoms with E-state index in [1.807, 2.05) is 18.2 Å². The molecule has 0 aliphatic carbocycles. The van der Waals surface area contributed by atoms with Crippen LogP contribution >= 0.6 is 27.3 Å². The Morgan fingerprint density at radius 2 is 2.00 bits per heavy atom. The first kappa shape index (κ1) is 11.8. The van der Waals surface area contributed by atoms with E-state index in [2.05, 4.69) is 39.5 Å². The normalized spacial score (nSPS) is 12.6. The van der Waals surface area contributed by atoms with Crippen molar-refractivity contribution in [1.82, 2.24) is 0 Å². The summed E-state index contributed by atoms with van der Waals surface area (Å²) >= 11 is 5.18. The van der Waals surface area contributed by atoms with Gasteiger partial charge in [-0.3, -0.25) is 0 Å². The Morgan fingerprint density at radius 3 is 2.56 bits per heavy atom. The van der Waals surface area contributed by atoms with E-state index in [-0.39, 0.29) is 12.5 Å². The minimum Gasteiger partial charge on any atom is -0.396 e. The van der Waals surface area contributed by atoms with Crippen LogP contribution in [0, 0.1) is 0 Å². The van der Waals surface area contributed by atoms with Gasteiger partial charge in [0, 0.05) is 20.6 Å². The molecule has 0 aliphatic heterocycles. The van der Waals surface area contributed by atoms with E-state index in [0.29, 0.717) is 0 Å². The van der Waals surface area contributed by atoms with E-state index in [1.54, 1.807) is 11.3 Å². The summed E-state index contributed by atoms with van der Waals surface area (Å²) in [6.45, 7) is 0.194. The van der Waals surface area contributed by atoms with Gasteiger partial charge < -0.3 is 5.11 Å². The van der Waals surface area contributed by atoms with Gasteiger partial charge in [-0.1, -0.05) is 30.3 Å². The molecule has 0 amide bonds. The number of halogens is 1. The van der Waals surface area contributed by atoms with Crippen molar-refractivity contribution in [2.45, 2.75) is 12.3 Å². The largest absolute Gasteiger partial charge is 0.396 e. The fourth-order valence-corrected chi connectivity index (χ4v) is 3.25. The molecule has 1 aromatic carbocycles. The number of benzene rings is 1. The zero-order chi connectivity index (χ0) is 11.4. The molecule has 0 spiro atoms. The minimum atomic E-state index is 0.194. The number of hydrogen-bond acceptors (Lipinski definition) is 2. The predicted molar refractivity (Wildman–Crippen MR) is 72.0 cm³/mol. The molecule has 2 aromatic rings. The lowest BCUT2D eigenvalue weighted by Crippen LogP contribution is -2.06. The fourth-order valence-electron chi connectivity index (χ4n) is 1.72. The third-order valence-corrected chi connectivity index (χ3v) is 4.28. The first-order valence-electron chi connectivity index (χ1n) is 5.18. The SMILES string of the molecule is OCC(Cc1cc(Br)cs1)c1ccccc1. The lowest BCUT2D eigenvalue weighted by molar-refractivity contribution is 0.265. The van der Waals surface area contributed by atoms with Crippen molar-refractivity contribution in [1.29, 1.82) is 0 Å². The van der Waals surface area contributed by atoms with E-state index < -0.39 is 0 Å². The van der Waals surface area contributed by atoms with Gasteiger partial charge in [-0.2, -0.15) is 0 Å². The van der Waals surface area contributed by atoms with Crippen LogP contribution in [0.4, 0.5) is 0 Å². The van der Waals surface area contributed by atoms with E-state index in [4.69, 9.17) is 0 Å². The Labute approximate surface area is 108 Å². The second-order valence-corrected chi connectivity index (χ2v) is 5.64. The van der Waals surface area contributed by atoms with Gasteiger partial charge in [-0.05, 0) is 34.0 Å². The minimum absolute atomic E-state index is 0.194. The van der Waals surface area contributed by atoms with Crippen LogP contribution in [0.15, 0.2) is 46.3 Å². The second-order valence-electron chi connectivity index (χ2n) is 3.73. The highest BCUT2D eigenvalue weighted by atomic mass is 79.9. The van der Waals surface area contributed by atoms with Gasteiger partial charge in [0.25, 0.3) is 0 Å². The summed E-state index contributed by atoms with van der Waals surface area (Å²) in [5.41, 5.74) is 1.20. The molecule has 3 heteroatoms. The first-order valence-corrected chi connectivity index (χ1v) is 6.85. The summed E-state index contributed by atoms with van der Waals surface area (Å²) < 4.78 is 1.12. The molecule has 0 fully saturated rings. The molecule has 84 valence electrons. The second kappa shape index (κ2) is 5.62. The van der Waals surface area contributed by atoms with E-state index in [1.165, 1.54) is 10.4 Å². The Kier molecular flexibility index (Phi) is 4.16. The van der Waals surface area contributed by atoms with Crippen molar-refractivity contribution in [3.8, 4) is 0 Å². The Morgan fingerprint density at radius 1 is 1.25 bits per heavy atom. The Hall–Kier alpha value is -0.640. The number of hydrogen-bond donors (Lipinski definition) is 1. The van der Waals surface area contributed by atoms with Crippen molar-refractivity contribution in [3.63, 3.8) is 0 Å². The standard InChI is InChI=1S/C13H13BrOS/c14-12-7-13(16-9-12)6-11(8-15)10-4-2-1-3-5-10/h1-5,7,9,11,15H,6,8H2. The molecule has 0 saturated carbocycles. The number of aliphatic hydroxyl groups excluding tert-OH is 1. The predicted octanol–water partition coefficient (Wildman–Crippen LogP) is 3.83. The molecule has 1 aromatic heterocycles. The summed E-state index contributed by atoms with van der Waals surface area (Å²) in [5.74, 6) is 0.201. The maximum absolute atomic E-state index is 9.44. The summed E-state index contributed by atoms with van der Waals surface area (Å²) in [6.07, 6.45) is 0.900. The number of thiophene rings is 1. The smallest absolute Gasteiger partial charge is 0.0503 e. The number of aliphatic hydroxyl groups is 1. The molecule has 0 bridgehead atoms. The highest BCUT2D eigenvalue weighted by Crippen LogP contribution is 2.26. The average molecular weight is 297 g/mol. The zero-order valence-electron chi connectivity index (χ0n) is 8.77. The van der Waals surface area contributed by atoms with E-state index in [9.17, 15) is 5.11 Å². The zero-order valence-corrected chi connectivity index (χ0v) is 11.2. The third-order valence-electron chi connectivity index (χ3n) is 2.56. The van der Waals surface area contributed by atoms with Crippen LogP contribution in [0.3, 0.4) is 0 Å². The molecule has 0 radical (unpaired) electrons. The van der Waals surface area contributed by atoms with E-state index >= 15 is 0 Å². The van der Waals surface area contributed by atoms with Gasteiger partial charge in [0.1, 0.15) is 0 Å². The van der Waals surface area contributed by atoms with Crippen LogP contribution in [0.25, 0.3) is 0 Å². The maximum atomic E-state index is 9.44. The molecule has 1 N–H and O–H groups in total. The van der Waals surface area contributed by atoms with Crippen molar-refractivity contribution >= 4 is 27.3 Å². The lowest BCUT2D eigenvalue weighted by atomic mass is 9.96. The molecule has 1 atom stereocenters. The van der Waals surface area contributed by atoms with Crippen LogP contribution in [0.5, 0.6) is 0 Å². The van der Waals surface area contributed by atoms with Crippen molar-refractivity contribution in [2.24, 2.45) is 0 Å². The molecule has 2 rings (SSSR count). The van der Waals surface area contributed by atoms with Crippen LogP contribution < -0.4 is 0 Å². The van der Waals surface area contributed by atoms with Gasteiger partial charge in [0.15, 0.2) is 0 Å². The monoisotopic (exact) mass is 296 g/mol. The Bertz CT molecular complexity index is 438. The molecule has 0 aliphatic rings. The van der Waals surface area contributed by atoms with Gasteiger partial charge in [0.2, 0.25) is 0 Å². The van der Waals surface area contributed by atoms with Crippen LogP contribution in [0.2, 0.25) is 0 Å². The molecular formula is C13H13BrOS. The molecule has 1 nitrogen and oxygen atoms in total. The summed E-state index contributed by atoms with van der Waals surface area (Å²) in [5, 5.41) is 11.5. The quantitative estimate of drug-likeness (QED) is 0.909. The molecular weight excluding hydrogens is 284 g/mol. The summed E-state index contributed by atoms with van der Waals surface area (Å²) in [7, 11) is 0. The van der Waals surface area contributed by atoms with Gasteiger partial charge in [0.05, 0.1) is 6.61 Å². The lowest BCUT2D eigenvalue weighted by Gasteiger charge is -2.13. The van der Waals surface area contributed by atoms with Gasteiger partial charge in [-0.15, -0.1) is 11.3 Å². The third kappa shape index (κ3) is 2.94. The van der Waals surface area contributed by atoms with Crippen LogP contribution in [0.1, 0.15) is 16.4 Å². The van der Waals surface area contributed by atoms with Crippen LogP contribution in [-0.2, 0) is 6.42 Å². The Balaban J connectivity index is 2.12. The highest BCUT2D eigenvalue weighted by molar-refractivity contribution is 9.10. The topological polar surface area (TPSA) is 20.2 Å². The van der Waals surface area contributed by atoms with Crippen molar-refractivity contribution in [2.75, 3.05) is 6.61 Å². The summed E-state index contributed by atoms with van der Waals surface area (Å²) in [6, 6.07) is 12.3.